The van der Waals surface area contributed by atoms with E-state index in [9.17, 15) is 9.59 Å². The standard InChI is InChI=1S/C15H13N7O2S/c1-7(2)8-3-4-11-10(5-8)22-13(24)9(6-16-15(22)25-11)12(23)17-14-18-20-21-19-14/h3-7H,1-2H3,(H2,17,18,19,20,21,23). The molecule has 0 aliphatic heterocycles. The van der Waals surface area contributed by atoms with E-state index in [0.717, 1.165) is 15.8 Å². The Kier molecular flexibility index (Phi) is 3.53. The van der Waals surface area contributed by atoms with E-state index in [1.807, 2.05) is 18.2 Å². The number of hydrogen-bond acceptors (Lipinski definition) is 7. The van der Waals surface area contributed by atoms with Crippen molar-refractivity contribution in [3.8, 4) is 0 Å². The first-order valence-corrected chi connectivity index (χ1v) is 8.35. The van der Waals surface area contributed by atoms with Gasteiger partial charge in [0.05, 0.1) is 10.2 Å². The molecule has 0 saturated heterocycles. The molecule has 0 fully saturated rings. The van der Waals surface area contributed by atoms with Crippen LogP contribution in [-0.4, -0.2) is 35.9 Å². The number of amides is 1. The molecule has 9 nitrogen and oxygen atoms in total. The van der Waals surface area contributed by atoms with Crippen molar-refractivity contribution >= 4 is 38.4 Å². The third kappa shape index (κ3) is 2.56. The first-order valence-electron chi connectivity index (χ1n) is 7.53. The predicted molar refractivity (Wildman–Crippen MR) is 93.1 cm³/mol. The van der Waals surface area contributed by atoms with Crippen molar-refractivity contribution in [1.82, 2.24) is 30.0 Å². The fourth-order valence-electron chi connectivity index (χ4n) is 2.52. The number of carbonyl (C=O) groups is 1. The van der Waals surface area contributed by atoms with Gasteiger partial charge in [-0.25, -0.2) is 4.98 Å². The normalized spacial score (nSPS) is 11.5. The van der Waals surface area contributed by atoms with Gasteiger partial charge < -0.3 is 0 Å². The van der Waals surface area contributed by atoms with Gasteiger partial charge >= 0.3 is 0 Å². The van der Waals surface area contributed by atoms with Crippen molar-refractivity contribution in [3.63, 3.8) is 0 Å². The average molecular weight is 355 g/mol. The van der Waals surface area contributed by atoms with Crippen LogP contribution in [0.5, 0.6) is 0 Å². The summed E-state index contributed by atoms with van der Waals surface area (Å²) in [6, 6.07) is 5.98. The van der Waals surface area contributed by atoms with Crippen LogP contribution in [0.1, 0.15) is 35.7 Å². The molecule has 126 valence electrons. The Morgan fingerprint density at radius 3 is 2.92 bits per heavy atom. The summed E-state index contributed by atoms with van der Waals surface area (Å²) in [4.78, 5) is 30.0. The fourth-order valence-corrected chi connectivity index (χ4v) is 3.48. The number of tetrazole rings is 1. The van der Waals surface area contributed by atoms with Crippen LogP contribution in [0, 0.1) is 0 Å². The highest BCUT2D eigenvalue weighted by Gasteiger charge is 2.18. The molecule has 4 rings (SSSR count). The van der Waals surface area contributed by atoms with Crippen LogP contribution in [0.15, 0.2) is 29.2 Å². The molecule has 0 saturated carbocycles. The highest BCUT2D eigenvalue weighted by Crippen LogP contribution is 2.27. The lowest BCUT2D eigenvalue weighted by Gasteiger charge is -2.05. The van der Waals surface area contributed by atoms with E-state index in [1.165, 1.54) is 21.9 Å². The van der Waals surface area contributed by atoms with Crippen LogP contribution >= 0.6 is 11.3 Å². The zero-order valence-corrected chi connectivity index (χ0v) is 14.2. The third-order valence-electron chi connectivity index (χ3n) is 3.84. The van der Waals surface area contributed by atoms with E-state index < -0.39 is 11.5 Å². The van der Waals surface area contributed by atoms with Crippen molar-refractivity contribution in [2.75, 3.05) is 5.32 Å². The van der Waals surface area contributed by atoms with E-state index in [1.54, 1.807) is 0 Å². The summed E-state index contributed by atoms with van der Waals surface area (Å²) in [5.74, 6) is -0.313. The van der Waals surface area contributed by atoms with Gasteiger partial charge in [0, 0.05) is 6.20 Å². The summed E-state index contributed by atoms with van der Waals surface area (Å²) < 4.78 is 2.40. The first kappa shape index (κ1) is 15.4. The number of aromatic amines is 1. The number of nitrogens with zero attached hydrogens (tertiary/aromatic N) is 5. The summed E-state index contributed by atoms with van der Waals surface area (Å²) in [5, 5.41) is 15.3. The van der Waals surface area contributed by atoms with Crippen LogP contribution in [-0.2, 0) is 0 Å². The monoisotopic (exact) mass is 355 g/mol. The number of anilines is 1. The molecule has 3 aromatic heterocycles. The highest BCUT2D eigenvalue weighted by molar-refractivity contribution is 7.23. The van der Waals surface area contributed by atoms with Gasteiger partial charge in [0.1, 0.15) is 5.56 Å². The van der Waals surface area contributed by atoms with Gasteiger partial charge in [-0.3, -0.25) is 19.3 Å². The zero-order valence-electron chi connectivity index (χ0n) is 13.3. The van der Waals surface area contributed by atoms with Crippen molar-refractivity contribution in [2.24, 2.45) is 0 Å². The van der Waals surface area contributed by atoms with Gasteiger partial charge in [-0.15, -0.1) is 5.10 Å². The summed E-state index contributed by atoms with van der Waals surface area (Å²) >= 11 is 1.40. The Morgan fingerprint density at radius 1 is 1.36 bits per heavy atom. The molecule has 1 amide bonds. The number of benzene rings is 1. The van der Waals surface area contributed by atoms with Crippen molar-refractivity contribution in [2.45, 2.75) is 19.8 Å². The minimum atomic E-state index is -0.632. The Bertz CT molecular complexity index is 1140. The lowest BCUT2D eigenvalue weighted by atomic mass is 10.0. The number of H-pyrrole nitrogens is 1. The smallest absolute Gasteiger partial charge is 0.271 e. The maximum absolute atomic E-state index is 12.9. The zero-order chi connectivity index (χ0) is 17.6. The molecule has 3 heterocycles. The van der Waals surface area contributed by atoms with Crippen LogP contribution in [0.3, 0.4) is 0 Å². The predicted octanol–water partition coefficient (Wildman–Crippen LogP) is 1.80. The molecule has 0 atom stereocenters. The molecule has 0 radical (unpaired) electrons. The number of aromatic nitrogens is 6. The fraction of sp³-hybridized carbons (Fsp3) is 0.200. The molecule has 0 unspecified atom stereocenters. The lowest BCUT2D eigenvalue weighted by Crippen LogP contribution is -2.26. The Balaban J connectivity index is 1.88. The Morgan fingerprint density at radius 2 is 2.20 bits per heavy atom. The quantitative estimate of drug-likeness (QED) is 0.578. The summed E-state index contributed by atoms with van der Waals surface area (Å²) in [6.07, 6.45) is 1.27. The van der Waals surface area contributed by atoms with Crippen molar-refractivity contribution in [3.05, 3.63) is 45.9 Å². The van der Waals surface area contributed by atoms with Crippen molar-refractivity contribution < 1.29 is 4.79 Å². The summed E-state index contributed by atoms with van der Waals surface area (Å²) in [7, 11) is 0. The molecule has 1 aromatic carbocycles. The van der Waals surface area contributed by atoms with Gasteiger partial charge in [0.15, 0.2) is 4.96 Å². The maximum atomic E-state index is 12.9. The molecular weight excluding hydrogens is 342 g/mol. The third-order valence-corrected chi connectivity index (χ3v) is 4.87. The van der Waals surface area contributed by atoms with Crippen LogP contribution < -0.4 is 10.9 Å². The second-order valence-corrected chi connectivity index (χ2v) is 6.78. The number of rotatable bonds is 3. The van der Waals surface area contributed by atoms with Gasteiger partial charge in [0.2, 0.25) is 0 Å². The Hall–Kier alpha value is -3.14. The van der Waals surface area contributed by atoms with Crippen molar-refractivity contribution in [1.29, 1.82) is 0 Å². The largest absolute Gasteiger partial charge is 0.288 e. The molecular formula is C15H13N7O2S. The van der Waals surface area contributed by atoms with Gasteiger partial charge in [-0.1, -0.05) is 36.3 Å². The topological polar surface area (TPSA) is 118 Å². The van der Waals surface area contributed by atoms with E-state index >= 15 is 0 Å². The number of carbonyl (C=O) groups excluding carboxylic acids is 1. The number of thiazole rings is 1. The van der Waals surface area contributed by atoms with Gasteiger partial charge in [-0.05, 0) is 28.8 Å². The molecule has 0 aliphatic rings. The number of fused-ring (bicyclic) bond motifs is 3. The molecule has 10 heteroatoms. The summed E-state index contributed by atoms with van der Waals surface area (Å²) in [5.41, 5.74) is 1.34. The number of hydrogen-bond donors (Lipinski definition) is 2. The van der Waals surface area contributed by atoms with Gasteiger partial charge in [-0.2, -0.15) is 5.21 Å². The minimum absolute atomic E-state index is 0.00762. The molecule has 4 aromatic rings. The second kappa shape index (κ2) is 5.74. The van der Waals surface area contributed by atoms with E-state index in [0.29, 0.717) is 10.9 Å². The molecule has 2 N–H and O–H groups in total. The van der Waals surface area contributed by atoms with E-state index in [-0.39, 0.29) is 11.5 Å². The average Bonchev–Trinajstić information content (AvgIpc) is 3.21. The van der Waals surface area contributed by atoms with E-state index in [2.05, 4.69) is 44.8 Å². The SMILES string of the molecule is CC(C)c1ccc2sc3ncc(C(=O)Nc4nn[nH]n4)c(=O)n3c2c1. The number of nitrogens with one attached hydrogen (secondary N) is 2. The lowest BCUT2D eigenvalue weighted by molar-refractivity contribution is 0.102. The summed E-state index contributed by atoms with van der Waals surface area (Å²) in [6.45, 7) is 4.17. The Labute approximate surface area is 144 Å². The highest BCUT2D eigenvalue weighted by atomic mass is 32.1. The first-order chi connectivity index (χ1) is 12.0. The van der Waals surface area contributed by atoms with Crippen LogP contribution in [0.25, 0.3) is 15.2 Å². The molecule has 0 bridgehead atoms. The van der Waals surface area contributed by atoms with Crippen LogP contribution in [0.4, 0.5) is 5.95 Å². The molecule has 25 heavy (non-hydrogen) atoms. The van der Waals surface area contributed by atoms with Gasteiger partial charge in [0.25, 0.3) is 17.4 Å². The second-order valence-electron chi connectivity index (χ2n) is 5.77. The minimum Gasteiger partial charge on any atom is -0.288 e. The molecule has 0 aliphatic carbocycles. The van der Waals surface area contributed by atoms with E-state index in [4.69, 9.17) is 0 Å². The molecule has 0 spiro atoms. The maximum Gasteiger partial charge on any atom is 0.271 e. The van der Waals surface area contributed by atoms with Crippen LogP contribution in [0.2, 0.25) is 0 Å².